The second-order valence-corrected chi connectivity index (χ2v) is 6.28. The lowest BCUT2D eigenvalue weighted by molar-refractivity contribution is -0.118. The quantitative estimate of drug-likeness (QED) is 0.593. The number of hydrogen-bond acceptors (Lipinski definition) is 5. The molecule has 1 N–H and O–H groups in total. The fraction of sp³-hybridized carbons (Fsp3) is 0.0909. The summed E-state index contributed by atoms with van der Waals surface area (Å²) in [6, 6.07) is 20.8. The summed E-state index contributed by atoms with van der Waals surface area (Å²) < 4.78 is 16.4. The molecule has 0 radical (unpaired) electrons. The van der Waals surface area contributed by atoms with Gasteiger partial charge in [0, 0.05) is 11.8 Å². The highest BCUT2D eigenvalue weighted by Gasteiger charge is 2.09. The number of carbonyl (C=O) groups is 1. The minimum Gasteiger partial charge on any atom is -0.493 e. The SMILES string of the molecule is COc1cc(C#N)ccc1OCC(=O)Nc1ccc(Oc2ccccc2Cl)cc1. The molecule has 0 aliphatic rings. The van der Waals surface area contributed by atoms with Gasteiger partial charge >= 0.3 is 0 Å². The number of nitrogens with one attached hydrogen (secondary N) is 1. The Morgan fingerprint density at radius 2 is 1.79 bits per heavy atom. The standard InChI is InChI=1S/C22H17ClN2O4/c1-27-21-12-15(13-24)6-11-20(21)28-14-22(26)25-16-7-9-17(10-8-16)29-19-5-3-2-4-18(19)23/h2-12H,14H2,1H3,(H,25,26). The van der Waals surface area contributed by atoms with Gasteiger partial charge in [-0.25, -0.2) is 0 Å². The van der Waals surface area contributed by atoms with Crippen LogP contribution in [-0.4, -0.2) is 19.6 Å². The molecule has 3 rings (SSSR count). The van der Waals surface area contributed by atoms with Crippen molar-refractivity contribution in [3.63, 3.8) is 0 Å². The van der Waals surface area contributed by atoms with E-state index in [1.165, 1.54) is 7.11 Å². The Hall–Kier alpha value is -3.69. The number of hydrogen-bond donors (Lipinski definition) is 1. The van der Waals surface area contributed by atoms with Crippen molar-refractivity contribution in [1.82, 2.24) is 0 Å². The third-order valence-corrected chi connectivity index (χ3v) is 4.17. The van der Waals surface area contributed by atoms with E-state index >= 15 is 0 Å². The average molecular weight is 409 g/mol. The van der Waals surface area contributed by atoms with Crippen LogP contribution in [0.3, 0.4) is 0 Å². The van der Waals surface area contributed by atoms with Crippen LogP contribution < -0.4 is 19.5 Å². The summed E-state index contributed by atoms with van der Waals surface area (Å²) in [5.74, 6) is 1.57. The van der Waals surface area contributed by atoms with Gasteiger partial charge in [0.1, 0.15) is 11.5 Å². The predicted molar refractivity (Wildman–Crippen MR) is 110 cm³/mol. The van der Waals surface area contributed by atoms with Gasteiger partial charge < -0.3 is 19.5 Å². The molecule has 0 aliphatic carbocycles. The summed E-state index contributed by atoms with van der Waals surface area (Å²) in [5.41, 5.74) is 1.04. The summed E-state index contributed by atoms with van der Waals surface area (Å²) in [7, 11) is 1.47. The van der Waals surface area contributed by atoms with E-state index in [2.05, 4.69) is 5.32 Å². The lowest BCUT2D eigenvalue weighted by Crippen LogP contribution is -2.20. The van der Waals surface area contributed by atoms with Crippen molar-refractivity contribution < 1.29 is 19.0 Å². The second-order valence-electron chi connectivity index (χ2n) is 5.87. The first-order valence-corrected chi connectivity index (χ1v) is 9.00. The molecule has 29 heavy (non-hydrogen) atoms. The van der Waals surface area contributed by atoms with Gasteiger partial charge in [-0.05, 0) is 48.5 Å². The van der Waals surface area contributed by atoms with Gasteiger partial charge in [0.2, 0.25) is 0 Å². The number of methoxy groups -OCH3 is 1. The van der Waals surface area contributed by atoms with Crippen molar-refractivity contribution in [2.24, 2.45) is 0 Å². The molecule has 0 spiro atoms. The molecule has 0 fully saturated rings. The van der Waals surface area contributed by atoms with E-state index in [0.717, 1.165) is 0 Å². The predicted octanol–water partition coefficient (Wildman–Crippen LogP) is 5.03. The maximum atomic E-state index is 12.2. The van der Waals surface area contributed by atoms with Crippen molar-refractivity contribution in [3.8, 4) is 29.1 Å². The zero-order valence-electron chi connectivity index (χ0n) is 15.5. The molecule has 0 unspecified atom stereocenters. The number of anilines is 1. The van der Waals surface area contributed by atoms with Crippen LogP contribution in [0.1, 0.15) is 5.56 Å². The normalized spacial score (nSPS) is 9.97. The van der Waals surface area contributed by atoms with E-state index < -0.39 is 0 Å². The lowest BCUT2D eigenvalue weighted by atomic mass is 10.2. The van der Waals surface area contributed by atoms with Gasteiger partial charge in [-0.2, -0.15) is 5.26 Å². The topological polar surface area (TPSA) is 80.6 Å². The Morgan fingerprint density at radius 1 is 1.03 bits per heavy atom. The van der Waals surface area contributed by atoms with Crippen molar-refractivity contribution in [2.45, 2.75) is 0 Å². The Balaban J connectivity index is 1.56. The minimum absolute atomic E-state index is 0.208. The molecular formula is C22H17ClN2O4. The molecule has 0 aromatic heterocycles. The Bertz CT molecular complexity index is 1050. The Labute approximate surface area is 173 Å². The van der Waals surface area contributed by atoms with Crippen molar-refractivity contribution in [1.29, 1.82) is 5.26 Å². The molecular weight excluding hydrogens is 392 g/mol. The highest BCUT2D eigenvalue weighted by molar-refractivity contribution is 6.32. The van der Waals surface area contributed by atoms with Gasteiger partial charge in [0.05, 0.1) is 23.8 Å². The summed E-state index contributed by atoms with van der Waals surface area (Å²) in [6.07, 6.45) is 0. The highest BCUT2D eigenvalue weighted by Crippen LogP contribution is 2.30. The number of halogens is 1. The van der Waals surface area contributed by atoms with Crippen LogP contribution >= 0.6 is 11.6 Å². The molecule has 6 nitrogen and oxygen atoms in total. The third kappa shape index (κ3) is 5.41. The molecule has 0 aliphatic heterocycles. The smallest absolute Gasteiger partial charge is 0.262 e. The van der Waals surface area contributed by atoms with Crippen molar-refractivity contribution >= 4 is 23.2 Å². The van der Waals surface area contributed by atoms with Crippen molar-refractivity contribution in [3.05, 3.63) is 77.3 Å². The first kappa shape index (κ1) is 20.1. The second kappa shape index (κ2) is 9.49. The summed E-state index contributed by atoms with van der Waals surface area (Å²) >= 11 is 6.08. The number of nitrogens with zero attached hydrogens (tertiary/aromatic N) is 1. The molecule has 0 saturated heterocycles. The van der Waals surface area contributed by atoms with E-state index in [1.54, 1.807) is 54.6 Å². The molecule has 0 bridgehead atoms. The molecule has 3 aromatic carbocycles. The van der Waals surface area contributed by atoms with Crippen LogP contribution in [0.25, 0.3) is 0 Å². The molecule has 7 heteroatoms. The van der Waals surface area contributed by atoms with Gasteiger partial charge in [-0.1, -0.05) is 23.7 Å². The van der Waals surface area contributed by atoms with E-state index in [9.17, 15) is 4.79 Å². The molecule has 1 amide bonds. The van der Waals surface area contributed by atoms with E-state index in [1.807, 2.05) is 18.2 Å². The van der Waals surface area contributed by atoms with Gasteiger partial charge in [0.25, 0.3) is 5.91 Å². The summed E-state index contributed by atoms with van der Waals surface area (Å²) in [4.78, 5) is 12.2. The first-order valence-electron chi connectivity index (χ1n) is 8.62. The van der Waals surface area contributed by atoms with Crippen LogP contribution in [0, 0.1) is 11.3 Å². The zero-order valence-corrected chi connectivity index (χ0v) is 16.3. The monoisotopic (exact) mass is 408 g/mol. The lowest BCUT2D eigenvalue weighted by Gasteiger charge is -2.11. The van der Waals surface area contributed by atoms with E-state index in [4.69, 9.17) is 31.1 Å². The maximum absolute atomic E-state index is 12.2. The van der Waals surface area contributed by atoms with Crippen LogP contribution in [0.15, 0.2) is 66.7 Å². The fourth-order valence-electron chi connectivity index (χ4n) is 2.46. The van der Waals surface area contributed by atoms with Gasteiger partial charge in [-0.15, -0.1) is 0 Å². The number of ether oxygens (including phenoxy) is 3. The van der Waals surface area contributed by atoms with Crippen LogP contribution in [-0.2, 0) is 4.79 Å². The number of amides is 1. The van der Waals surface area contributed by atoms with Gasteiger partial charge in [-0.3, -0.25) is 4.79 Å². The molecule has 146 valence electrons. The summed E-state index contributed by atoms with van der Waals surface area (Å²) in [5, 5.41) is 12.2. The maximum Gasteiger partial charge on any atom is 0.262 e. The van der Waals surface area contributed by atoms with E-state index in [-0.39, 0.29) is 12.5 Å². The number of para-hydroxylation sites is 1. The minimum atomic E-state index is -0.337. The van der Waals surface area contributed by atoms with Crippen LogP contribution in [0.4, 0.5) is 5.69 Å². The van der Waals surface area contributed by atoms with Gasteiger partial charge in [0.15, 0.2) is 18.1 Å². The molecule has 0 saturated carbocycles. The third-order valence-electron chi connectivity index (χ3n) is 3.85. The Morgan fingerprint density at radius 3 is 2.48 bits per heavy atom. The average Bonchev–Trinajstić information content (AvgIpc) is 2.75. The van der Waals surface area contributed by atoms with Crippen LogP contribution in [0.5, 0.6) is 23.0 Å². The highest BCUT2D eigenvalue weighted by atomic mass is 35.5. The first-order chi connectivity index (χ1) is 14.1. The number of benzene rings is 3. The number of carbonyl (C=O) groups excluding carboxylic acids is 1. The summed E-state index contributed by atoms with van der Waals surface area (Å²) in [6.45, 7) is -0.208. The van der Waals surface area contributed by atoms with Crippen molar-refractivity contribution in [2.75, 3.05) is 19.0 Å². The van der Waals surface area contributed by atoms with Crippen LogP contribution in [0.2, 0.25) is 5.02 Å². The Kier molecular flexibility index (Phi) is 6.56. The zero-order chi connectivity index (χ0) is 20.6. The molecule has 0 atom stereocenters. The number of nitriles is 1. The largest absolute Gasteiger partial charge is 0.493 e. The molecule has 3 aromatic rings. The number of rotatable bonds is 7. The molecule has 0 heterocycles. The van der Waals surface area contributed by atoms with E-state index in [0.29, 0.717) is 39.3 Å². The fourth-order valence-corrected chi connectivity index (χ4v) is 2.63.